The van der Waals surface area contributed by atoms with Gasteiger partial charge in [-0.25, -0.2) is 9.69 Å². The maximum atomic E-state index is 12.6. The van der Waals surface area contributed by atoms with Gasteiger partial charge in [0.25, 0.3) is 0 Å². The molecule has 1 aliphatic heterocycles. The van der Waals surface area contributed by atoms with E-state index >= 15 is 0 Å². The summed E-state index contributed by atoms with van der Waals surface area (Å²) in [4.78, 5) is 37.9. The summed E-state index contributed by atoms with van der Waals surface area (Å²) in [5.74, 6) is -1.61. The molecule has 1 saturated heterocycles. The zero-order chi connectivity index (χ0) is 16.4. The maximum Gasteiger partial charge on any atom is 0.417 e. The van der Waals surface area contributed by atoms with Crippen LogP contribution < -0.4 is 0 Å². The summed E-state index contributed by atoms with van der Waals surface area (Å²) in [6.45, 7) is 7.48. The second-order valence-electron chi connectivity index (χ2n) is 6.05. The molecule has 0 spiro atoms. The Hall–Kier alpha value is -2.17. The third-order valence-corrected chi connectivity index (χ3v) is 4.01. The molecule has 0 radical (unpaired) electrons. The van der Waals surface area contributed by atoms with Gasteiger partial charge in [-0.2, -0.15) is 0 Å². The van der Waals surface area contributed by atoms with Crippen molar-refractivity contribution in [3.63, 3.8) is 0 Å². The number of Topliss-reactive ketones (excluding diaryl/α,β-unsaturated/α-hetero) is 1. The number of carbonyl (C=O) groups excluding carboxylic acids is 3. The molecule has 5 nitrogen and oxygen atoms in total. The minimum atomic E-state index is -0.908. The van der Waals surface area contributed by atoms with E-state index in [9.17, 15) is 14.4 Å². The Balaban J connectivity index is 2.19. The SMILES string of the molecule is Cc1ccc(C(=O)C(C)C(=O)N2C(=O)OCC2C(C)C)cc1. The first-order valence-electron chi connectivity index (χ1n) is 7.43. The van der Waals surface area contributed by atoms with Crippen LogP contribution in [-0.4, -0.2) is 35.3 Å². The molecule has 0 bridgehead atoms. The number of benzene rings is 1. The normalized spacial score (nSPS) is 19.2. The summed E-state index contributed by atoms with van der Waals surface area (Å²) in [7, 11) is 0. The van der Waals surface area contributed by atoms with E-state index in [1.807, 2.05) is 32.9 Å². The summed E-state index contributed by atoms with van der Waals surface area (Å²) < 4.78 is 4.97. The van der Waals surface area contributed by atoms with Gasteiger partial charge in [-0.05, 0) is 19.8 Å². The summed E-state index contributed by atoms with van der Waals surface area (Å²) in [6.07, 6.45) is -0.660. The Morgan fingerprint density at radius 3 is 2.32 bits per heavy atom. The Labute approximate surface area is 130 Å². The van der Waals surface area contributed by atoms with E-state index in [0.717, 1.165) is 10.5 Å². The van der Waals surface area contributed by atoms with E-state index < -0.39 is 17.9 Å². The molecular weight excluding hydrogens is 282 g/mol. The highest BCUT2D eigenvalue weighted by atomic mass is 16.6. The summed E-state index contributed by atoms with van der Waals surface area (Å²) in [6, 6.07) is 6.73. The van der Waals surface area contributed by atoms with Crippen LogP contribution in [0.15, 0.2) is 24.3 Å². The van der Waals surface area contributed by atoms with Crippen LogP contribution in [-0.2, 0) is 9.53 Å². The summed E-state index contributed by atoms with van der Waals surface area (Å²) in [5.41, 5.74) is 1.51. The largest absolute Gasteiger partial charge is 0.447 e. The lowest BCUT2D eigenvalue weighted by Crippen LogP contribution is -2.46. The third-order valence-electron chi connectivity index (χ3n) is 4.01. The molecule has 0 N–H and O–H groups in total. The fourth-order valence-corrected chi connectivity index (χ4v) is 2.47. The highest BCUT2D eigenvalue weighted by molar-refractivity contribution is 6.12. The van der Waals surface area contributed by atoms with Crippen molar-refractivity contribution in [2.24, 2.45) is 11.8 Å². The lowest BCUT2D eigenvalue weighted by atomic mass is 9.96. The second-order valence-corrected chi connectivity index (χ2v) is 6.05. The number of rotatable bonds is 4. The zero-order valence-corrected chi connectivity index (χ0v) is 13.3. The molecule has 118 valence electrons. The van der Waals surface area contributed by atoms with Gasteiger partial charge in [-0.3, -0.25) is 9.59 Å². The summed E-state index contributed by atoms with van der Waals surface area (Å²) >= 11 is 0. The number of cyclic esters (lactones) is 1. The number of aryl methyl sites for hydroxylation is 1. The Bertz CT molecular complexity index is 591. The first-order valence-corrected chi connectivity index (χ1v) is 7.43. The molecule has 5 heteroatoms. The van der Waals surface area contributed by atoms with Gasteiger partial charge in [0.2, 0.25) is 5.91 Å². The molecule has 1 fully saturated rings. The lowest BCUT2D eigenvalue weighted by molar-refractivity contribution is -0.132. The van der Waals surface area contributed by atoms with Gasteiger partial charge >= 0.3 is 6.09 Å². The number of imide groups is 1. The Morgan fingerprint density at radius 2 is 1.77 bits per heavy atom. The number of hydrogen-bond donors (Lipinski definition) is 0. The fraction of sp³-hybridized carbons (Fsp3) is 0.471. The predicted octanol–water partition coefficient (Wildman–Crippen LogP) is 2.82. The molecule has 1 heterocycles. The van der Waals surface area contributed by atoms with Gasteiger partial charge in [0, 0.05) is 5.56 Å². The lowest BCUT2D eigenvalue weighted by Gasteiger charge is -2.24. The van der Waals surface area contributed by atoms with Crippen LogP contribution in [0.25, 0.3) is 0 Å². The molecule has 2 unspecified atom stereocenters. The van der Waals surface area contributed by atoms with Crippen molar-refractivity contribution in [2.75, 3.05) is 6.61 Å². The number of ketones is 1. The van der Waals surface area contributed by atoms with Crippen molar-refractivity contribution in [1.29, 1.82) is 0 Å². The topological polar surface area (TPSA) is 63.7 Å². The smallest absolute Gasteiger partial charge is 0.417 e. The Morgan fingerprint density at radius 1 is 1.18 bits per heavy atom. The van der Waals surface area contributed by atoms with Gasteiger partial charge in [-0.15, -0.1) is 0 Å². The molecule has 1 aromatic rings. The van der Waals surface area contributed by atoms with E-state index in [0.29, 0.717) is 5.56 Å². The van der Waals surface area contributed by atoms with Crippen LogP contribution >= 0.6 is 0 Å². The van der Waals surface area contributed by atoms with Crippen molar-refractivity contribution in [3.8, 4) is 0 Å². The number of nitrogens with zero attached hydrogens (tertiary/aromatic N) is 1. The standard InChI is InChI=1S/C17H21NO4/c1-10(2)14-9-22-17(21)18(14)16(20)12(4)15(19)13-7-5-11(3)6-8-13/h5-8,10,12,14H,9H2,1-4H3. The minimum Gasteiger partial charge on any atom is -0.447 e. The molecular formula is C17H21NO4. The first kappa shape index (κ1) is 16.2. The van der Waals surface area contributed by atoms with Crippen LogP contribution in [0, 0.1) is 18.8 Å². The van der Waals surface area contributed by atoms with Crippen molar-refractivity contribution >= 4 is 17.8 Å². The molecule has 1 aromatic carbocycles. The minimum absolute atomic E-state index is 0.0806. The first-order chi connectivity index (χ1) is 10.3. The van der Waals surface area contributed by atoms with Crippen molar-refractivity contribution in [1.82, 2.24) is 4.90 Å². The van der Waals surface area contributed by atoms with Crippen molar-refractivity contribution < 1.29 is 19.1 Å². The van der Waals surface area contributed by atoms with E-state index in [-0.39, 0.29) is 24.3 Å². The molecule has 2 amide bonds. The number of amides is 2. The third kappa shape index (κ3) is 3.03. The summed E-state index contributed by atoms with van der Waals surface area (Å²) in [5, 5.41) is 0. The van der Waals surface area contributed by atoms with Gasteiger partial charge < -0.3 is 4.74 Å². The van der Waals surface area contributed by atoms with Gasteiger partial charge in [-0.1, -0.05) is 43.7 Å². The Kier molecular flexibility index (Phi) is 4.64. The quantitative estimate of drug-likeness (QED) is 0.634. The van der Waals surface area contributed by atoms with Crippen LogP contribution in [0.1, 0.15) is 36.7 Å². The average molecular weight is 303 g/mol. The molecule has 2 atom stereocenters. The van der Waals surface area contributed by atoms with E-state index in [2.05, 4.69) is 0 Å². The highest BCUT2D eigenvalue weighted by Crippen LogP contribution is 2.23. The number of ether oxygens (including phenoxy) is 1. The molecule has 0 aromatic heterocycles. The van der Waals surface area contributed by atoms with Crippen LogP contribution in [0.4, 0.5) is 4.79 Å². The molecule has 22 heavy (non-hydrogen) atoms. The van der Waals surface area contributed by atoms with Gasteiger partial charge in [0.15, 0.2) is 5.78 Å². The second kappa shape index (κ2) is 6.30. The molecule has 0 saturated carbocycles. The van der Waals surface area contributed by atoms with Crippen LogP contribution in [0.5, 0.6) is 0 Å². The van der Waals surface area contributed by atoms with Crippen LogP contribution in [0.2, 0.25) is 0 Å². The molecule has 0 aliphatic carbocycles. The molecule has 2 rings (SSSR count). The van der Waals surface area contributed by atoms with Gasteiger partial charge in [0.1, 0.15) is 6.61 Å². The predicted molar refractivity (Wildman–Crippen MR) is 81.5 cm³/mol. The van der Waals surface area contributed by atoms with E-state index in [1.54, 1.807) is 12.1 Å². The highest BCUT2D eigenvalue weighted by Gasteiger charge is 2.42. The number of hydrogen-bond acceptors (Lipinski definition) is 4. The number of carbonyl (C=O) groups is 3. The maximum absolute atomic E-state index is 12.6. The fourth-order valence-electron chi connectivity index (χ4n) is 2.47. The van der Waals surface area contributed by atoms with Crippen molar-refractivity contribution in [2.45, 2.75) is 33.7 Å². The van der Waals surface area contributed by atoms with Gasteiger partial charge in [0.05, 0.1) is 12.0 Å². The van der Waals surface area contributed by atoms with Crippen LogP contribution in [0.3, 0.4) is 0 Å². The van der Waals surface area contributed by atoms with E-state index in [4.69, 9.17) is 4.74 Å². The molecule has 1 aliphatic rings. The average Bonchev–Trinajstić information content (AvgIpc) is 2.87. The van der Waals surface area contributed by atoms with E-state index in [1.165, 1.54) is 6.92 Å². The zero-order valence-electron chi connectivity index (χ0n) is 13.3. The monoisotopic (exact) mass is 303 g/mol. The van der Waals surface area contributed by atoms with Crippen molar-refractivity contribution in [3.05, 3.63) is 35.4 Å².